The Morgan fingerprint density at radius 3 is 2.20 bits per heavy atom. The molecule has 0 unspecified atom stereocenters. The maximum atomic E-state index is 13.9. The summed E-state index contributed by atoms with van der Waals surface area (Å²) in [6.07, 6.45) is 1.68. The van der Waals surface area contributed by atoms with Gasteiger partial charge in [-0.1, -0.05) is 41.4 Å². The van der Waals surface area contributed by atoms with Crippen LogP contribution < -0.4 is 14.4 Å². The Bertz CT molecular complexity index is 1380. The SMILES string of the molecule is CCCCNC(=O)[C@H](C)N(Cc1ccc(Br)cc1)C(=O)CN(c1ccc(F)cc1)S(=O)(=O)c1ccc(OC)cc1. The number of carbonyl (C=O) groups is 2. The molecule has 11 heteroatoms. The number of anilines is 1. The highest BCUT2D eigenvalue weighted by Gasteiger charge is 2.32. The molecular weight excluding hydrogens is 601 g/mol. The van der Waals surface area contributed by atoms with Crippen molar-refractivity contribution in [1.29, 1.82) is 0 Å². The molecule has 3 aromatic rings. The Morgan fingerprint density at radius 1 is 1.00 bits per heavy atom. The third-order valence-electron chi connectivity index (χ3n) is 6.30. The number of ether oxygens (including phenoxy) is 1. The fourth-order valence-electron chi connectivity index (χ4n) is 3.92. The van der Waals surface area contributed by atoms with Crippen LogP contribution in [0.3, 0.4) is 0 Å². The smallest absolute Gasteiger partial charge is 0.264 e. The van der Waals surface area contributed by atoms with Gasteiger partial charge < -0.3 is 15.0 Å². The van der Waals surface area contributed by atoms with Crippen molar-refractivity contribution >= 4 is 43.5 Å². The summed E-state index contributed by atoms with van der Waals surface area (Å²) < 4.78 is 48.2. The Morgan fingerprint density at radius 2 is 1.62 bits per heavy atom. The van der Waals surface area contributed by atoms with Gasteiger partial charge in [-0.25, -0.2) is 12.8 Å². The predicted octanol–water partition coefficient (Wildman–Crippen LogP) is 5.13. The summed E-state index contributed by atoms with van der Waals surface area (Å²) in [4.78, 5) is 28.1. The lowest BCUT2D eigenvalue weighted by molar-refractivity contribution is -0.139. The van der Waals surface area contributed by atoms with Crippen LogP contribution in [0.2, 0.25) is 0 Å². The van der Waals surface area contributed by atoms with Crippen molar-refractivity contribution < 1.29 is 27.1 Å². The van der Waals surface area contributed by atoms with Gasteiger partial charge in [0.25, 0.3) is 10.0 Å². The molecule has 40 heavy (non-hydrogen) atoms. The van der Waals surface area contributed by atoms with E-state index in [0.29, 0.717) is 12.3 Å². The number of hydrogen-bond acceptors (Lipinski definition) is 5. The normalized spacial score (nSPS) is 11.9. The van der Waals surface area contributed by atoms with E-state index in [2.05, 4.69) is 21.2 Å². The number of nitrogens with one attached hydrogen (secondary N) is 1. The van der Waals surface area contributed by atoms with Crippen LogP contribution in [0.5, 0.6) is 5.75 Å². The zero-order valence-corrected chi connectivity index (χ0v) is 25.0. The molecule has 0 aliphatic rings. The fourth-order valence-corrected chi connectivity index (χ4v) is 5.59. The number of methoxy groups -OCH3 is 1. The highest BCUT2D eigenvalue weighted by molar-refractivity contribution is 9.10. The van der Waals surface area contributed by atoms with Gasteiger partial charge in [-0.3, -0.25) is 13.9 Å². The third-order valence-corrected chi connectivity index (χ3v) is 8.62. The van der Waals surface area contributed by atoms with Crippen molar-refractivity contribution in [3.8, 4) is 5.75 Å². The van der Waals surface area contributed by atoms with Gasteiger partial charge >= 0.3 is 0 Å². The number of nitrogens with zero attached hydrogens (tertiary/aromatic N) is 2. The summed E-state index contributed by atoms with van der Waals surface area (Å²) in [7, 11) is -2.80. The van der Waals surface area contributed by atoms with Gasteiger partial charge in [0.1, 0.15) is 24.2 Å². The van der Waals surface area contributed by atoms with Gasteiger partial charge in [0, 0.05) is 17.6 Å². The summed E-state index contributed by atoms with van der Waals surface area (Å²) in [5.74, 6) is -1.02. The summed E-state index contributed by atoms with van der Waals surface area (Å²) >= 11 is 3.39. The van der Waals surface area contributed by atoms with Crippen molar-refractivity contribution in [3.63, 3.8) is 0 Å². The second-order valence-electron chi connectivity index (χ2n) is 9.13. The first-order chi connectivity index (χ1) is 19.1. The van der Waals surface area contributed by atoms with Gasteiger partial charge in [-0.2, -0.15) is 0 Å². The Kier molecular flexibility index (Phi) is 11.1. The minimum absolute atomic E-state index is 0.0739. The van der Waals surface area contributed by atoms with Crippen molar-refractivity contribution in [2.24, 2.45) is 0 Å². The molecule has 2 amide bonds. The second-order valence-corrected chi connectivity index (χ2v) is 11.9. The summed E-state index contributed by atoms with van der Waals surface area (Å²) in [5.41, 5.74) is 0.866. The summed E-state index contributed by atoms with van der Waals surface area (Å²) in [6.45, 7) is 3.55. The summed E-state index contributed by atoms with van der Waals surface area (Å²) in [5, 5.41) is 2.85. The molecule has 3 rings (SSSR count). The molecule has 1 N–H and O–H groups in total. The van der Waals surface area contributed by atoms with Crippen LogP contribution in [0, 0.1) is 5.82 Å². The number of sulfonamides is 1. The van der Waals surface area contributed by atoms with Crippen molar-refractivity contribution in [2.45, 2.75) is 44.2 Å². The molecular formula is C29H33BrFN3O5S. The molecule has 0 fully saturated rings. The molecule has 214 valence electrons. The predicted molar refractivity (Wildman–Crippen MR) is 156 cm³/mol. The van der Waals surface area contributed by atoms with E-state index >= 15 is 0 Å². The van der Waals surface area contributed by atoms with E-state index in [1.165, 1.54) is 48.4 Å². The third kappa shape index (κ3) is 8.04. The van der Waals surface area contributed by atoms with Crippen LogP contribution >= 0.6 is 15.9 Å². The van der Waals surface area contributed by atoms with E-state index in [0.717, 1.165) is 39.3 Å². The lowest BCUT2D eigenvalue weighted by Crippen LogP contribution is -2.51. The van der Waals surface area contributed by atoms with Gasteiger partial charge in [0.2, 0.25) is 11.8 Å². The number of amides is 2. The quantitative estimate of drug-likeness (QED) is 0.263. The number of benzene rings is 3. The highest BCUT2D eigenvalue weighted by atomic mass is 79.9. The van der Waals surface area contributed by atoms with Crippen molar-refractivity contribution in [2.75, 3.05) is 24.5 Å². The molecule has 0 aromatic heterocycles. The van der Waals surface area contributed by atoms with E-state index in [1.54, 1.807) is 6.92 Å². The van der Waals surface area contributed by atoms with Crippen LogP contribution in [0.4, 0.5) is 10.1 Å². The minimum Gasteiger partial charge on any atom is -0.497 e. The molecule has 0 aliphatic heterocycles. The fraction of sp³-hybridized carbons (Fsp3) is 0.310. The minimum atomic E-state index is -4.26. The molecule has 0 saturated carbocycles. The second kappa shape index (κ2) is 14.3. The molecule has 1 atom stereocenters. The standard InChI is InChI=1S/C29H33BrFN3O5S/c1-4-5-18-32-29(36)21(2)33(19-22-6-8-23(30)9-7-22)28(35)20-34(25-12-10-24(31)11-13-25)40(37,38)27-16-14-26(39-3)15-17-27/h6-17,21H,4-5,18-20H2,1-3H3,(H,32,36)/t21-/m0/s1. The molecule has 0 bridgehead atoms. The first kappa shape index (κ1) is 31.1. The van der Waals surface area contributed by atoms with E-state index in [-0.39, 0.29) is 23.0 Å². The van der Waals surface area contributed by atoms with E-state index in [9.17, 15) is 22.4 Å². The van der Waals surface area contributed by atoms with Crippen LogP contribution in [-0.2, 0) is 26.2 Å². The van der Waals surface area contributed by atoms with Crippen molar-refractivity contribution in [1.82, 2.24) is 10.2 Å². The summed E-state index contributed by atoms with van der Waals surface area (Å²) in [6, 6.07) is 17.0. The molecule has 0 heterocycles. The largest absolute Gasteiger partial charge is 0.497 e. The van der Waals surface area contributed by atoms with E-state index < -0.39 is 34.3 Å². The van der Waals surface area contributed by atoms with Gasteiger partial charge in [0.05, 0.1) is 17.7 Å². The first-order valence-electron chi connectivity index (χ1n) is 12.8. The molecule has 8 nitrogen and oxygen atoms in total. The first-order valence-corrected chi connectivity index (χ1v) is 15.0. The van der Waals surface area contributed by atoms with E-state index in [1.807, 2.05) is 31.2 Å². The average Bonchev–Trinajstić information content (AvgIpc) is 2.95. The average molecular weight is 635 g/mol. The van der Waals surface area contributed by atoms with Crippen LogP contribution in [0.15, 0.2) is 82.2 Å². The molecule has 0 spiro atoms. The molecule has 0 saturated heterocycles. The number of halogens is 2. The maximum Gasteiger partial charge on any atom is 0.264 e. The zero-order valence-electron chi connectivity index (χ0n) is 22.6. The number of carbonyl (C=O) groups excluding carboxylic acids is 2. The van der Waals surface area contributed by atoms with Gasteiger partial charge in [-0.15, -0.1) is 0 Å². The van der Waals surface area contributed by atoms with Crippen LogP contribution in [-0.4, -0.2) is 51.4 Å². The van der Waals surface area contributed by atoms with Crippen LogP contribution in [0.25, 0.3) is 0 Å². The number of rotatable bonds is 13. The van der Waals surface area contributed by atoms with Crippen LogP contribution in [0.1, 0.15) is 32.3 Å². The maximum absolute atomic E-state index is 13.9. The van der Waals surface area contributed by atoms with Gasteiger partial charge in [0.15, 0.2) is 0 Å². The topological polar surface area (TPSA) is 96.0 Å². The zero-order chi connectivity index (χ0) is 29.3. The lowest BCUT2D eigenvalue weighted by Gasteiger charge is -2.32. The number of unbranched alkanes of at least 4 members (excludes halogenated alkanes) is 1. The Balaban J connectivity index is 1.99. The molecule has 0 aliphatic carbocycles. The highest BCUT2D eigenvalue weighted by Crippen LogP contribution is 2.26. The Labute approximate surface area is 243 Å². The van der Waals surface area contributed by atoms with Crippen molar-refractivity contribution in [3.05, 3.63) is 88.6 Å². The van der Waals surface area contributed by atoms with E-state index in [4.69, 9.17) is 4.74 Å². The lowest BCUT2D eigenvalue weighted by atomic mass is 10.1. The number of hydrogen-bond donors (Lipinski definition) is 1. The Hall–Kier alpha value is -3.44. The monoisotopic (exact) mass is 633 g/mol. The molecule has 3 aromatic carbocycles. The molecule has 0 radical (unpaired) electrons. The van der Waals surface area contributed by atoms with Gasteiger partial charge in [-0.05, 0) is 79.6 Å².